The van der Waals surface area contributed by atoms with Crippen LogP contribution in [0.25, 0.3) is 16.9 Å². The Labute approximate surface area is 157 Å². The van der Waals surface area contributed by atoms with Crippen molar-refractivity contribution in [1.29, 1.82) is 0 Å². The Hall–Kier alpha value is -3.46. The van der Waals surface area contributed by atoms with E-state index in [-0.39, 0.29) is 22.4 Å². The van der Waals surface area contributed by atoms with Gasteiger partial charge >= 0.3 is 5.97 Å². The largest absolute Gasteiger partial charge is 0.465 e. The van der Waals surface area contributed by atoms with Gasteiger partial charge in [0.05, 0.1) is 19.2 Å². The second kappa shape index (κ2) is 6.69. The fraction of sp³-hybridized carbons (Fsp3) is 0.118. The summed E-state index contributed by atoms with van der Waals surface area (Å²) in [6, 6.07) is 5.37. The van der Waals surface area contributed by atoms with Crippen molar-refractivity contribution in [2.45, 2.75) is 6.54 Å². The molecule has 3 heterocycles. The van der Waals surface area contributed by atoms with E-state index >= 15 is 0 Å². The van der Waals surface area contributed by atoms with Gasteiger partial charge in [-0.1, -0.05) is 11.6 Å². The molecule has 9 nitrogen and oxygen atoms in total. The normalized spacial score (nSPS) is 11.0. The van der Waals surface area contributed by atoms with Crippen molar-refractivity contribution in [3.63, 3.8) is 0 Å². The van der Waals surface area contributed by atoms with Crippen LogP contribution in [0.1, 0.15) is 15.9 Å². The van der Waals surface area contributed by atoms with Crippen molar-refractivity contribution in [2.75, 3.05) is 7.11 Å². The average Bonchev–Trinajstić information content (AvgIpc) is 3.32. The van der Waals surface area contributed by atoms with E-state index in [1.165, 1.54) is 13.4 Å². The number of esters is 1. The topological polar surface area (TPSA) is 108 Å². The van der Waals surface area contributed by atoms with Crippen LogP contribution in [-0.2, 0) is 11.3 Å². The zero-order valence-corrected chi connectivity index (χ0v) is 14.8. The number of nitrogens with one attached hydrogen (secondary N) is 1. The smallest absolute Gasteiger partial charge is 0.341 e. The summed E-state index contributed by atoms with van der Waals surface area (Å²) >= 11 is 6.30. The predicted octanol–water partition coefficient (Wildman–Crippen LogP) is 1.75. The van der Waals surface area contributed by atoms with Gasteiger partial charge in [0, 0.05) is 23.1 Å². The fourth-order valence-corrected chi connectivity index (χ4v) is 2.95. The molecule has 4 rings (SSSR count). The van der Waals surface area contributed by atoms with Crippen LogP contribution in [-0.4, -0.2) is 42.6 Å². The molecule has 0 fully saturated rings. The number of H-pyrrole nitrogens is 1. The molecule has 0 radical (unpaired) electrons. The number of benzene rings is 1. The van der Waals surface area contributed by atoms with Crippen molar-refractivity contribution in [1.82, 2.24) is 29.5 Å². The van der Waals surface area contributed by atoms with Gasteiger partial charge in [0.25, 0.3) is 5.56 Å². The maximum absolute atomic E-state index is 12.1. The lowest BCUT2D eigenvalue weighted by Crippen LogP contribution is -2.11. The standard InChI is InChI=1S/C17H13ClN6O3/c1-27-17(26)13-7-23(6-12-15(13)21-22-16(12)25)11-2-3-14(18)10(4-11)5-24-9-19-8-20-24/h2-4,6-9H,5H2,1H3,(H,22,25). The molecule has 0 atom stereocenters. The van der Waals surface area contributed by atoms with Gasteiger partial charge < -0.3 is 9.30 Å². The van der Waals surface area contributed by atoms with E-state index in [4.69, 9.17) is 16.3 Å². The number of fused-ring (bicyclic) bond motifs is 1. The van der Waals surface area contributed by atoms with E-state index < -0.39 is 5.97 Å². The van der Waals surface area contributed by atoms with Gasteiger partial charge in [-0.15, -0.1) is 0 Å². The highest BCUT2D eigenvalue weighted by Crippen LogP contribution is 2.25. The molecule has 0 saturated carbocycles. The molecule has 1 N–H and O–H groups in total. The Bertz CT molecular complexity index is 1150. The van der Waals surface area contributed by atoms with Crippen LogP contribution in [0.2, 0.25) is 5.02 Å². The molecule has 0 aliphatic carbocycles. The first kappa shape index (κ1) is 17.0. The Balaban J connectivity index is 1.84. The van der Waals surface area contributed by atoms with E-state index in [0.29, 0.717) is 17.3 Å². The van der Waals surface area contributed by atoms with Crippen molar-refractivity contribution in [3.8, 4) is 16.9 Å². The predicted molar refractivity (Wildman–Crippen MR) is 96.3 cm³/mol. The molecule has 2 aliphatic heterocycles. The summed E-state index contributed by atoms with van der Waals surface area (Å²) in [5, 5.41) is 10.9. The molecule has 10 heteroatoms. The SMILES string of the molecule is COC(=O)c1cn(-c2ccc(Cl)c(Cn3cncn3)c2)cc2c(=O)[nH]nc1-2. The number of hydrogen-bond acceptors (Lipinski definition) is 6. The van der Waals surface area contributed by atoms with Crippen LogP contribution in [0.15, 0.2) is 48.0 Å². The van der Waals surface area contributed by atoms with Gasteiger partial charge in [-0.3, -0.25) is 4.79 Å². The number of hydrogen-bond donors (Lipinski definition) is 1. The first-order valence-electron chi connectivity index (χ1n) is 7.86. The minimum Gasteiger partial charge on any atom is -0.465 e. The Morgan fingerprint density at radius 1 is 1.33 bits per heavy atom. The highest BCUT2D eigenvalue weighted by molar-refractivity contribution is 6.31. The molecule has 0 bridgehead atoms. The third kappa shape index (κ3) is 3.08. The van der Waals surface area contributed by atoms with Gasteiger partial charge in [-0.05, 0) is 23.8 Å². The van der Waals surface area contributed by atoms with Crippen LogP contribution < -0.4 is 5.56 Å². The molecule has 1 aromatic heterocycles. The number of aromatic amines is 1. The summed E-state index contributed by atoms with van der Waals surface area (Å²) in [4.78, 5) is 28.1. The van der Waals surface area contributed by atoms with Crippen molar-refractivity contribution in [3.05, 3.63) is 69.8 Å². The number of carbonyl (C=O) groups excluding carboxylic acids is 1. The summed E-state index contributed by atoms with van der Waals surface area (Å²) in [6.07, 6.45) is 6.21. The Kier molecular flexibility index (Phi) is 4.21. The Morgan fingerprint density at radius 3 is 2.93 bits per heavy atom. The van der Waals surface area contributed by atoms with E-state index in [1.807, 2.05) is 6.07 Å². The number of methoxy groups -OCH3 is 1. The second-order valence-electron chi connectivity index (χ2n) is 5.75. The Morgan fingerprint density at radius 2 is 2.19 bits per heavy atom. The number of ether oxygens (including phenoxy) is 1. The van der Waals surface area contributed by atoms with Crippen molar-refractivity contribution in [2.24, 2.45) is 0 Å². The molecular weight excluding hydrogens is 372 g/mol. The lowest BCUT2D eigenvalue weighted by atomic mass is 10.1. The van der Waals surface area contributed by atoms with E-state index in [1.54, 1.807) is 40.1 Å². The van der Waals surface area contributed by atoms with E-state index in [2.05, 4.69) is 20.3 Å². The quantitative estimate of drug-likeness (QED) is 0.537. The summed E-state index contributed by atoms with van der Waals surface area (Å²) in [5.41, 5.74) is 1.86. The molecule has 2 aromatic rings. The molecule has 0 spiro atoms. The minimum absolute atomic E-state index is 0.182. The van der Waals surface area contributed by atoms with Gasteiger partial charge in [-0.25, -0.2) is 19.6 Å². The lowest BCUT2D eigenvalue weighted by molar-refractivity contribution is 0.0600. The fourth-order valence-electron chi connectivity index (χ4n) is 2.78. The molecular formula is C17H13ClN6O3. The van der Waals surface area contributed by atoms with Crippen LogP contribution >= 0.6 is 11.6 Å². The molecule has 27 heavy (non-hydrogen) atoms. The van der Waals surface area contributed by atoms with Crippen LogP contribution in [0.3, 0.4) is 0 Å². The summed E-state index contributed by atoms with van der Waals surface area (Å²) in [5.74, 6) is -0.586. The maximum Gasteiger partial charge on any atom is 0.341 e. The van der Waals surface area contributed by atoms with Gasteiger partial charge in [0.15, 0.2) is 0 Å². The van der Waals surface area contributed by atoms with E-state index in [9.17, 15) is 9.59 Å². The number of aromatic nitrogens is 6. The molecule has 0 saturated heterocycles. The van der Waals surface area contributed by atoms with Crippen LogP contribution in [0.5, 0.6) is 0 Å². The lowest BCUT2D eigenvalue weighted by Gasteiger charge is -2.14. The first-order chi connectivity index (χ1) is 13.1. The zero-order valence-electron chi connectivity index (χ0n) is 14.1. The zero-order chi connectivity index (χ0) is 19.0. The van der Waals surface area contributed by atoms with Gasteiger partial charge in [0.2, 0.25) is 0 Å². The summed E-state index contributed by atoms with van der Waals surface area (Å²) in [7, 11) is 1.27. The summed E-state index contributed by atoms with van der Waals surface area (Å²) in [6.45, 7) is 0.428. The van der Waals surface area contributed by atoms with Crippen molar-refractivity contribution < 1.29 is 9.53 Å². The van der Waals surface area contributed by atoms with Crippen molar-refractivity contribution >= 4 is 17.6 Å². The highest BCUT2D eigenvalue weighted by atomic mass is 35.5. The third-order valence-corrected chi connectivity index (χ3v) is 4.46. The minimum atomic E-state index is -0.586. The third-order valence-electron chi connectivity index (χ3n) is 4.09. The number of carbonyl (C=O) groups is 1. The first-order valence-corrected chi connectivity index (χ1v) is 8.24. The summed E-state index contributed by atoms with van der Waals surface area (Å²) < 4.78 is 8.11. The molecule has 2 aliphatic rings. The number of pyridine rings is 1. The maximum atomic E-state index is 12.1. The van der Waals surface area contributed by atoms with Crippen LogP contribution in [0, 0.1) is 0 Å². The molecule has 1 aromatic carbocycles. The number of halogens is 1. The van der Waals surface area contributed by atoms with Crippen LogP contribution in [0.4, 0.5) is 0 Å². The number of nitrogens with zero attached hydrogens (tertiary/aromatic N) is 5. The van der Waals surface area contributed by atoms with Gasteiger partial charge in [-0.2, -0.15) is 10.2 Å². The molecule has 0 amide bonds. The van der Waals surface area contributed by atoms with E-state index in [0.717, 1.165) is 5.56 Å². The molecule has 136 valence electrons. The molecule has 0 unspecified atom stereocenters. The monoisotopic (exact) mass is 384 g/mol. The van der Waals surface area contributed by atoms with Gasteiger partial charge in [0.1, 0.15) is 23.9 Å². The second-order valence-corrected chi connectivity index (χ2v) is 6.16. The highest BCUT2D eigenvalue weighted by Gasteiger charge is 2.22. The number of rotatable bonds is 4. The average molecular weight is 385 g/mol.